The van der Waals surface area contributed by atoms with E-state index in [0.717, 1.165) is 48.6 Å². The van der Waals surface area contributed by atoms with Crippen molar-refractivity contribution in [2.24, 2.45) is 5.41 Å². The van der Waals surface area contributed by atoms with Crippen molar-refractivity contribution in [3.63, 3.8) is 0 Å². The molecule has 0 radical (unpaired) electrons. The van der Waals surface area contributed by atoms with Crippen molar-refractivity contribution in [2.75, 3.05) is 0 Å². The highest BCUT2D eigenvalue weighted by molar-refractivity contribution is 9.10. The lowest BCUT2D eigenvalue weighted by atomic mass is 9.72. The second-order valence-electron chi connectivity index (χ2n) is 5.77. The first-order valence-corrected chi connectivity index (χ1v) is 8.38. The molecule has 1 saturated carbocycles. The molecule has 20 heavy (non-hydrogen) atoms. The highest BCUT2D eigenvalue weighted by Gasteiger charge is 2.38. The Morgan fingerprint density at radius 3 is 2.35 bits per heavy atom. The third kappa shape index (κ3) is 3.76. The SMILES string of the molecule is O=C(O)C1(Cc2ccc(Br)cc2Cl)CCCCCCC1. The molecule has 2 nitrogen and oxygen atoms in total. The highest BCUT2D eigenvalue weighted by Crippen LogP contribution is 2.39. The molecule has 0 spiro atoms. The number of rotatable bonds is 3. The number of halogens is 2. The first-order chi connectivity index (χ1) is 9.53. The molecule has 1 aliphatic rings. The summed E-state index contributed by atoms with van der Waals surface area (Å²) in [6, 6.07) is 5.71. The van der Waals surface area contributed by atoms with Gasteiger partial charge in [0.1, 0.15) is 0 Å². The second-order valence-corrected chi connectivity index (χ2v) is 7.09. The normalized spacial score (nSPS) is 19.1. The second kappa shape index (κ2) is 6.95. The highest BCUT2D eigenvalue weighted by atomic mass is 79.9. The van der Waals surface area contributed by atoms with E-state index in [1.807, 2.05) is 18.2 Å². The van der Waals surface area contributed by atoms with Crippen molar-refractivity contribution in [1.29, 1.82) is 0 Å². The van der Waals surface area contributed by atoms with Gasteiger partial charge in [0.15, 0.2) is 0 Å². The van der Waals surface area contributed by atoms with E-state index in [2.05, 4.69) is 15.9 Å². The number of benzene rings is 1. The molecule has 0 bridgehead atoms. The first-order valence-electron chi connectivity index (χ1n) is 7.21. The van der Waals surface area contributed by atoms with Gasteiger partial charge in [-0.2, -0.15) is 0 Å². The predicted molar refractivity (Wildman–Crippen MR) is 85.2 cm³/mol. The minimum atomic E-state index is -0.668. The molecule has 0 aliphatic heterocycles. The van der Waals surface area contributed by atoms with Crippen LogP contribution in [0.1, 0.15) is 50.5 Å². The van der Waals surface area contributed by atoms with Gasteiger partial charge in [0, 0.05) is 9.50 Å². The van der Waals surface area contributed by atoms with Gasteiger partial charge in [0.2, 0.25) is 0 Å². The van der Waals surface area contributed by atoms with E-state index < -0.39 is 11.4 Å². The molecule has 0 unspecified atom stereocenters. The van der Waals surface area contributed by atoms with Crippen molar-refractivity contribution >= 4 is 33.5 Å². The number of carboxylic acids is 1. The van der Waals surface area contributed by atoms with Crippen molar-refractivity contribution in [2.45, 2.75) is 51.4 Å². The van der Waals surface area contributed by atoms with E-state index in [9.17, 15) is 9.90 Å². The van der Waals surface area contributed by atoms with E-state index in [1.165, 1.54) is 6.42 Å². The maximum absolute atomic E-state index is 11.9. The van der Waals surface area contributed by atoms with Crippen molar-refractivity contribution < 1.29 is 9.90 Å². The molecule has 1 N–H and O–H groups in total. The van der Waals surface area contributed by atoms with Crippen molar-refractivity contribution in [3.8, 4) is 0 Å². The van der Waals surface area contributed by atoms with Crippen LogP contribution in [0.15, 0.2) is 22.7 Å². The maximum Gasteiger partial charge on any atom is 0.309 e. The molecule has 1 aromatic rings. The van der Waals surface area contributed by atoms with Gasteiger partial charge in [0.25, 0.3) is 0 Å². The van der Waals surface area contributed by atoms with Gasteiger partial charge in [-0.1, -0.05) is 65.7 Å². The minimum absolute atomic E-state index is 0.536. The van der Waals surface area contributed by atoms with Crippen LogP contribution in [0.5, 0.6) is 0 Å². The van der Waals surface area contributed by atoms with Gasteiger partial charge < -0.3 is 5.11 Å². The van der Waals surface area contributed by atoms with Crippen molar-refractivity contribution in [1.82, 2.24) is 0 Å². The van der Waals surface area contributed by atoms with E-state index in [0.29, 0.717) is 11.4 Å². The van der Waals surface area contributed by atoms with Crippen LogP contribution in [0.4, 0.5) is 0 Å². The summed E-state index contributed by atoms with van der Waals surface area (Å²) in [5.74, 6) is -0.668. The van der Waals surface area contributed by atoms with Crippen molar-refractivity contribution in [3.05, 3.63) is 33.3 Å². The molecule has 0 atom stereocenters. The molecule has 110 valence electrons. The Morgan fingerprint density at radius 2 is 1.80 bits per heavy atom. The van der Waals surface area contributed by atoms with Gasteiger partial charge >= 0.3 is 5.97 Å². The number of carboxylic acid groups (broad SMARTS) is 1. The molecule has 0 aromatic heterocycles. The van der Waals surface area contributed by atoms with Crippen LogP contribution in [0.3, 0.4) is 0 Å². The van der Waals surface area contributed by atoms with Crippen LogP contribution in [0.2, 0.25) is 5.02 Å². The molecule has 0 amide bonds. The lowest BCUT2D eigenvalue weighted by molar-refractivity contribution is -0.150. The van der Waals surface area contributed by atoms with Gasteiger partial charge in [0.05, 0.1) is 5.41 Å². The van der Waals surface area contributed by atoms with Gasteiger partial charge in [-0.3, -0.25) is 4.79 Å². The smallest absolute Gasteiger partial charge is 0.309 e. The van der Waals surface area contributed by atoms with E-state index in [1.54, 1.807) is 0 Å². The van der Waals surface area contributed by atoms with Crippen LogP contribution in [-0.4, -0.2) is 11.1 Å². The molecule has 1 aliphatic carbocycles. The molecule has 4 heteroatoms. The third-order valence-electron chi connectivity index (χ3n) is 4.31. The zero-order chi connectivity index (χ0) is 14.6. The van der Waals surface area contributed by atoms with Crippen LogP contribution in [-0.2, 0) is 11.2 Å². The average molecular weight is 360 g/mol. The third-order valence-corrected chi connectivity index (χ3v) is 5.15. The molecular weight excluding hydrogens is 340 g/mol. The minimum Gasteiger partial charge on any atom is -0.481 e. The Labute approximate surface area is 133 Å². The quantitative estimate of drug-likeness (QED) is 0.778. The van der Waals surface area contributed by atoms with Gasteiger partial charge in [-0.25, -0.2) is 0 Å². The molecule has 0 heterocycles. The van der Waals surface area contributed by atoms with Crippen LogP contribution < -0.4 is 0 Å². The van der Waals surface area contributed by atoms with E-state index >= 15 is 0 Å². The predicted octanol–water partition coefficient (Wildman–Crippen LogP) is 5.46. The lowest BCUT2D eigenvalue weighted by Crippen LogP contribution is -2.34. The monoisotopic (exact) mass is 358 g/mol. The zero-order valence-electron chi connectivity index (χ0n) is 11.5. The Morgan fingerprint density at radius 1 is 1.20 bits per heavy atom. The summed E-state index contributed by atoms with van der Waals surface area (Å²) in [4.78, 5) is 11.9. The molecule has 0 saturated heterocycles. The summed E-state index contributed by atoms with van der Waals surface area (Å²) >= 11 is 9.65. The van der Waals surface area contributed by atoms with Gasteiger partial charge in [-0.15, -0.1) is 0 Å². The Bertz CT molecular complexity index is 479. The number of hydrogen-bond acceptors (Lipinski definition) is 1. The molecule has 1 aromatic carbocycles. The summed E-state index contributed by atoms with van der Waals surface area (Å²) in [7, 11) is 0. The van der Waals surface area contributed by atoms with Crippen LogP contribution in [0, 0.1) is 5.41 Å². The molecule has 2 rings (SSSR count). The summed E-state index contributed by atoms with van der Waals surface area (Å²) in [5, 5.41) is 10.4. The summed E-state index contributed by atoms with van der Waals surface area (Å²) in [5.41, 5.74) is 0.301. The number of hydrogen-bond donors (Lipinski definition) is 1. The topological polar surface area (TPSA) is 37.3 Å². The Hall–Kier alpha value is -0.540. The Kier molecular flexibility index (Phi) is 5.50. The fourth-order valence-electron chi connectivity index (χ4n) is 3.08. The zero-order valence-corrected chi connectivity index (χ0v) is 13.8. The standard InChI is InChI=1S/C16H20BrClO2/c17-13-7-6-12(14(18)10-13)11-16(15(19)20)8-4-2-1-3-5-9-16/h6-7,10H,1-5,8-9,11H2,(H,19,20). The maximum atomic E-state index is 11.9. The lowest BCUT2D eigenvalue weighted by Gasteiger charge is -2.31. The Balaban J connectivity index is 2.25. The van der Waals surface area contributed by atoms with Crippen LogP contribution >= 0.6 is 27.5 Å². The first kappa shape index (κ1) is 15.8. The number of carbonyl (C=O) groups is 1. The summed E-state index contributed by atoms with van der Waals surface area (Å²) in [6.45, 7) is 0. The average Bonchev–Trinajstić information content (AvgIpc) is 2.35. The summed E-state index contributed by atoms with van der Waals surface area (Å²) < 4.78 is 0.924. The fraction of sp³-hybridized carbons (Fsp3) is 0.562. The largest absolute Gasteiger partial charge is 0.481 e. The molecular formula is C16H20BrClO2. The van der Waals surface area contributed by atoms with E-state index in [-0.39, 0.29) is 0 Å². The van der Waals surface area contributed by atoms with Gasteiger partial charge in [-0.05, 0) is 37.0 Å². The molecule has 1 fully saturated rings. The van der Waals surface area contributed by atoms with E-state index in [4.69, 9.17) is 11.6 Å². The summed E-state index contributed by atoms with van der Waals surface area (Å²) in [6.07, 6.45) is 7.57. The van der Waals surface area contributed by atoms with Crippen LogP contribution in [0.25, 0.3) is 0 Å². The number of aliphatic carboxylic acids is 1. The fourth-order valence-corrected chi connectivity index (χ4v) is 3.82.